The quantitative estimate of drug-likeness (QED) is 0.357. The first kappa shape index (κ1) is 22.7. The van der Waals surface area contributed by atoms with Crippen molar-refractivity contribution in [3.05, 3.63) is 77.6 Å². The van der Waals surface area contributed by atoms with E-state index >= 15 is 0 Å². The average molecular weight is 455 g/mol. The first-order valence-corrected chi connectivity index (χ1v) is 9.40. The molecule has 3 rings (SSSR count). The normalized spacial score (nSPS) is 11.9. The second-order valence-electron chi connectivity index (χ2n) is 6.60. The summed E-state index contributed by atoms with van der Waals surface area (Å²) >= 11 is 5.45. The van der Waals surface area contributed by atoms with Crippen LogP contribution in [0.2, 0.25) is 0 Å². The van der Waals surface area contributed by atoms with E-state index in [1.165, 1.54) is 6.92 Å². The number of aromatic nitrogens is 2. The van der Waals surface area contributed by atoms with Gasteiger partial charge in [-0.15, -0.1) is 4.90 Å². The third kappa shape index (κ3) is 5.07. The van der Waals surface area contributed by atoms with Gasteiger partial charge in [0.05, 0.1) is 11.4 Å². The van der Waals surface area contributed by atoms with Crippen LogP contribution in [-0.4, -0.2) is 15.1 Å². The van der Waals surface area contributed by atoms with Crippen molar-refractivity contribution in [1.82, 2.24) is 9.36 Å². The largest absolute Gasteiger partial charge is 1.00 e. The van der Waals surface area contributed by atoms with Crippen LogP contribution in [0.25, 0.3) is 5.69 Å². The topological polar surface area (TPSA) is 51.3 Å². The molecule has 0 radical (unpaired) electrons. The Morgan fingerprint density at radius 2 is 1.69 bits per heavy atom. The third-order valence-corrected chi connectivity index (χ3v) is 4.75. The Hall–Kier alpha value is -2.60. The van der Waals surface area contributed by atoms with Gasteiger partial charge in [-0.2, -0.15) is 0 Å². The third-order valence-electron chi connectivity index (χ3n) is 4.41. The summed E-state index contributed by atoms with van der Waals surface area (Å²) in [5.74, 6) is -0.0103. The summed E-state index contributed by atoms with van der Waals surface area (Å²) in [6.07, 6.45) is 1.57. The molecule has 0 fully saturated rings. The Morgan fingerprint density at radius 1 is 1.07 bits per heavy atom. The Labute approximate surface area is 187 Å². The molecule has 0 unspecified atom stereocenters. The van der Waals surface area contributed by atoms with Crippen LogP contribution in [0.5, 0.6) is 0 Å². The molecule has 2 aromatic carbocycles. The second-order valence-corrected chi connectivity index (χ2v) is 7.04. The van der Waals surface area contributed by atoms with Crippen LogP contribution in [0.4, 0.5) is 11.4 Å². The number of carbonyl (C=O) groups excluding carboxylic acids is 1. The van der Waals surface area contributed by atoms with Gasteiger partial charge in [0, 0.05) is 18.4 Å². The van der Waals surface area contributed by atoms with Crippen molar-refractivity contribution in [3.8, 4) is 5.69 Å². The fraction of sp³-hybridized carbons (Fsp3) is 0.182. The number of nitrogens with one attached hydrogen (secondary N) is 1. The monoisotopic (exact) mass is 454 g/mol. The van der Waals surface area contributed by atoms with E-state index in [9.17, 15) is 4.79 Å². The van der Waals surface area contributed by atoms with Gasteiger partial charge < -0.3 is 17.9 Å². The van der Waals surface area contributed by atoms with Crippen LogP contribution >= 0.6 is 0 Å². The number of nitrogens with zero attached hydrogens (tertiary/aromatic N) is 3. The number of hydrogen-bond acceptors (Lipinski definition) is 4. The molecule has 3 aromatic rings. The zero-order chi connectivity index (χ0) is 20.3. The molecule has 0 atom stereocenters. The van der Waals surface area contributed by atoms with Gasteiger partial charge in [-0.1, -0.05) is 36.4 Å². The van der Waals surface area contributed by atoms with E-state index in [0.717, 1.165) is 33.9 Å². The number of carbonyl (C=O) groups is 1. The molecule has 0 bridgehead atoms. The maximum atomic E-state index is 11.5. The molecule has 1 aromatic heterocycles. The molecule has 0 saturated carbocycles. The fourth-order valence-electron chi connectivity index (χ4n) is 3.04. The van der Waals surface area contributed by atoms with Crippen LogP contribution in [-0.2, 0) is 41.5 Å². The Kier molecular flexibility index (Phi) is 7.62. The number of rotatable bonds is 5. The van der Waals surface area contributed by atoms with Gasteiger partial charge in [-0.3, -0.25) is 9.48 Å². The minimum atomic E-state index is -0.0103. The van der Waals surface area contributed by atoms with Gasteiger partial charge in [0.25, 0.3) is 0 Å². The van der Waals surface area contributed by atoms with Crippen LogP contribution in [0.1, 0.15) is 19.5 Å². The number of benzene rings is 2. The Bertz CT molecular complexity index is 1110. The summed E-state index contributed by atoms with van der Waals surface area (Å²) < 4.78 is 4.06. The summed E-state index contributed by atoms with van der Waals surface area (Å²) in [6.45, 7) is 5.42. The van der Waals surface area contributed by atoms with Crippen LogP contribution in [0, 0.1) is 6.92 Å². The first-order valence-electron chi connectivity index (χ1n) is 8.99. The van der Waals surface area contributed by atoms with E-state index in [4.69, 9.17) is 17.6 Å². The minimum Gasteiger partial charge on any atom is -0.778 e. The Balaban J connectivity index is 0.00000300. The average Bonchev–Trinajstić information content (AvgIpc) is 2.88. The second kappa shape index (κ2) is 9.74. The molecule has 0 saturated heterocycles. The number of ketones is 1. The van der Waals surface area contributed by atoms with Gasteiger partial charge in [0.2, 0.25) is 0 Å². The molecule has 0 aliphatic heterocycles. The maximum Gasteiger partial charge on any atom is 1.00 e. The summed E-state index contributed by atoms with van der Waals surface area (Å²) in [5.41, 5.74) is 5.00. The van der Waals surface area contributed by atoms with Crippen molar-refractivity contribution in [3.63, 3.8) is 0 Å². The number of allylic oxidation sites excluding steroid dienone is 2. The summed E-state index contributed by atoms with van der Waals surface area (Å²) in [4.78, 5) is 17.1. The van der Waals surface area contributed by atoms with E-state index in [1.807, 2.05) is 84.9 Å². The summed E-state index contributed by atoms with van der Waals surface area (Å²) in [5, 5.41) is 3.35. The van der Waals surface area contributed by atoms with E-state index in [2.05, 4.69) is 5.32 Å². The van der Waals surface area contributed by atoms with Crippen molar-refractivity contribution in [2.24, 2.45) is 12.0 Å². The molecule has 29 heavy (non-hydrogen) atoms. The number of hydrogen-bond donors (Lipinski definition) is 1. The van der Waals surface area contributed by atoms with E-state index < -0.39 is 0 Å². The van der Waals surface area contributed by atoms with Crippen LogP contribution in [0.3, 0.4) is 0 Å². The van der Waals surface area contributed by atoms with Crippen molar-refractivity contribution < 1.29 is 21.9 Å². The number of anilines is 1. The molecule has 0 aliphatic rings. The van der Waals surface area contributed by atoms with Gasteiger partial charge in [-0.25, -0.2) is 9.67 Å². The van der Waals surface area contributed by atoms with Gasteiger partial charge in [0.1, 0.15) is 5.69 Å². The van der Waals surface area contributed by atoms with E-state index in [0.29, 0.717) is 4.90 Å². The first-order chi connectivity index (χ1) is 13.4. The molecule has 0 amide bonds. The van der Waals surface area contributed by atoms with Crippen molar-refractivity contribution in [2.75, 3.05) is 5.32 Å². The molecule has 1 N–H and O–H groups in total. The van der Waals surface area contributed by atoms with Crippen molar-refractivity contribution in [2.45, 2.75) is 25.7 Å². The molecule has 5 nitrogen and oxygen atoms in total. The molecule has 7 heteroatoms. The number of para-hydroxylation sites is 2. The van der Waals surface area contributed by atoms with Gasteiger partial charge >= 0.3 is 17.1 Å². The molecular weight excluding hydrogens is 432 g/mol. The molecule has 1 heterocycles. The van der Waals surface area contributed by atoms with Crippen molar-refractivity contribution in [1.29, 1.82) is 0 Å². The molecular formula is C22H23CuN4OS. The predicted molar refractivity (Wildman–Crippen MR) is 115 cm³/mol. The van der Waals surface area contributed by atoms with Crippen LogP contribution < -0.4 is 10.8 Å². The smallest absolute Gasteiger partial charge is 0.778 e. The SMILES string of the molecule is CC(=O)/C=C(/C)Nc1c(C)n(C)n(-c2ccccc2)c1=Nc1ccccc1[S-].[Cu+]. The summed E-state index contributed by atoms with van der Waals surface area (Å²) in [6, 6.07) is 17.6. The molecule has 0 aliphatic carbocycles. The molecule has 0 spiro atoms. The predicted octanol–water partition coefficient (Wildman–Crippen LogP) is 4.16. The zero-order valence-corrected chi connectivity index (χ0v) is 18.5. The summed E-state index contributed by atoms with van der Waals surface area (Å²) in [7, 11) is 1.98. The zero-order valence-electron chi connectivity index (χ0n) is 16.7. The van der Waals surface area contributed by atoms with E-state index in [-0.39, 0.29) is 22.9 Å². The van der Waals surface area contributed by atoms with E-state index in [1.54, 1.807) is 6.08 Å². The van der Waals surface area contributed by atoms with Gasteiger partial charge in [0.15, 0.2) is 11.3 Å². The fourth-order valence-corrected chi connectivity index (χ4v) is 3.23. The van der Waals surface area contributed by atoms with Crippen molar-refractivity contribution >= 4 is 29.8 Å². The van der Waals surface area contributed by atoms with Gasteiger partial charge in [-0.05, 0) is 45.0 Å². The standard InChI is InChI=1S/C22H24N4OS.Cu/c1-15(14-16(2)27)23-21-17(3)25(4)26(18-10-6-5-7-11-18)22(21)24-19-12-8-9-13-20(19)28;/h5-14,23,28H,1-4H3;/q;+1/p-1/b15-14-,24-22?;. The molecule has 154 valence electrons. The minimum absolute atomic E-state index is 0. The van der Waals surface area contributed by atoms with Crippen LogP contribution in [0.15, 0.2) is 76.3 Å². The Morgan fingerprint density at radius 3 is 2.31 bits per heavy atom. The maximum absolute atomic E-state index is 11.5.